The van der Waals surface area contributed by atoms with E-state index in [1.807, 2.05) is 30.3 Å². The number of aryl methyl sites for hydroxylation is 1. The van der Waals surface area contributed by atoms with Crippen LogP contribution in [0.15, 0.2) is 42.5 Å². The number of unbranched alkanes of at least 4 members (excludes halogenated alkanes) is 1. The molecule has 2 aromatic carbocycles. The largest absolute Gasteiger partial charge is 0.493 e. The molecule has 0 saturated carbocycles. The molecule has 3 aromatic rings. The molecule has 0 radical (unpaired) electrons. The van der Waals surface area contributed by atoms with Crippen LogP contribution in [0.1, 0.15) is 25.3 Å². The van der Waals surface area contributed by atoms with Gasteiger partial charge in [-0.15, -0.1) is 0 Å². The predicted molar refractivity (Wildman–Crippen MR) is 86.7 cm³/mol. The van der Waals surface area contributed by atoms with Gasteiger partial charge in [0.05, 0.1) is 23.2 Å². The predicted octanol–water partition coefficient (Wildman–Crippen LogP) is 4.72. The van der Waals surface area contributed by atoms with Crippen molar-refractivity contribution in [1.29, 1.82) is 0 Å². The summed E-state index contributed by atoms with van der Waals surface area (Å²) in [4.78, 5) is 8.06. The minimum atomic E-state index is 0.743. The van der Waals surface area contributed by atoms with E-state index >= 15 is 0 Å². The summed E-state index contributed by atoms with van der Waals surface area (Å²) < 4.78 is 5.92. The van der Waals surface area contributed by atoms with Crippen molar-refractivity contribution >= 4 is 11.0 Å². The summed E-state index contributed by atoms with van der Waals surface area (Å²) in [6.45, 7) is 4.99. The molecule has 21 heavy (non-hydrogen) atoms. The third-order valence-corrected chi connectivity index (χ3v) is 3.54. The third kappa shape index (κ3) is 2.92. The van der Waals surface area contributed by atoms with Gasteiger partial charge in [0.1, 0.15) is 11.6 Å². The first kappa shape index (κ1) is 13.7. The van der Waals surface area contributed by atoms with Crippen molar-refractivity contribution < 1.29 is 4.74 Å². The Balaban J connectivity index is 2.00. The topological polar surface area (TPSA) is 37.9 Å². The summed E-state index contributed by atoms with van der Waals surface area (Å²) in [7, 11) is 0. The highest BCUT2D eigenvalue weighted by Crippen LogP contribution is 2.30. The molecular formula is C18H20N2O. The van der Waals surface area contributed by atoms with Gasteiger partial charge in [0.15, 0.2) is 0 Å². The van der Waals surface area contributed by atoms with E-state index in [9.17, 15) is 0 Å². The summed E-state index contributed by atoms with van der Waals surface area (Å²) in [5, 5.41) is 0. The second-order valence-electron chi connectivity index (χ2n) is 5.30. The van der Waals surface area contributed by atoms with E-state index in [1.54, 1.807) is 0 Å². The quantitative estimate of drug-likeness (QED) is 0.687. The molecule has 0 aliphatic carbocycles. The highest BCUT2D eigenvalue weighted by Gasteiger charge is 2.11. The summed E-state index contributed by atoms with van der Waals surface area (Å²) in [6, 6.07) is 14.3. The van der Waals surface area contributed by atoms with Gasteiger partial charge >= 0.3 is 0 Å². The molecule has 0 spiro atoms. The Kier molecular flexibility index (Phi) is 3.91. The molecule has 0 saturated heterocycles. The van der Waals surface area contributed by atoms with Gasteiger partial charge in [-0.25, -0.2) is 4.98 Å². The molecule has 0 unspecified atom stereocenters. The third-order valence-electron chi connectivity index (χ3n) is 3.54. The van der Waals surface area contributed by atoms with Crippen LogP contribution >= 0.6 is 0 Å². The Morgan fingerprint density at radius 1 is 1.14 bits per heavy atom. The average Bonchev–Trinajstić information content (AvgIpc) is 2.92. The van der Waals surface area contributed by atoms with Crippen LogP contribution in [0, 0.1) is 6.92 Å². The lowest BCUT2D eigenvalue weighted by Crippen LogP contribution is -1.99. The Hall–Kier alpha value is -2.29. The smallest absolute Gasteiger partial charge is 0.142 e. The number of rotatable bonds is 5. The van der Waals surface area contributed by atoms with E-state index in [4.69, 9.17) is 4.74 Å². The van der Waals surface area contributed by atoms with Crippen LogP contribution < -0.4 is 4.74 Å². The summed E-state index contributed by atoms with van der Waals surface area (Å²) >= 11 is 0. The molecule has 108 valence electrons. The van der Waals surface area contributed by atoms with Crippen molar-refractivity contribution in [2.24, 2.45) is 0 Å². The van der Waals surface area contributed by atoms with E-state index in [0.717, 1.165) is 47.6 Å². The zero-order valence-corrected chi connectivity index (χ0v) is 12.5. The number of hydrogen-bond donors (Lipinski definition) is 1. The Morgan fingerprint density at radius 3 is 2.81 bits per heavy atom. The number of nitrogens with zero attached hydrogens (tertiary/aromatic N) is 1. The Labute approximate surface area is 125 Å². The van der Waals surface area contributed by atoms with Crippen LogP contribution in [-0.4, -0.2) is 16.6 Å². The molecule has 0 amide bonds. The van der Waals surface area contributed by atoms with E-state index in [0.29, 0.717) is 0 Å². The Bertz CT molecular complexity index is 713. The average molecular weight is 280 g/mol. The molecule has 0 aliphatic heterocycles. The van der Waals surface area contributed by atoms with E-state index < -0.39 is 0 Å². The molecule has 1 heterocycles. The lowest BCUT2D eigenvalue weighted by molar-refractivity contribution is 0.310. The fraction of sp³-hybridized carbons (Fsp3) is 0.278. The maximum Gasteiger partial charge on any atom is 0.142 e. The molecule has 1 aromatic heterocycles. The molecule has 0 bridgehead atoms. The maximum absolute atomic E-state index is 5.92. The van der Waals surface area contributed by atoms with Gasteiger partial charge in [-0.05, 0) is 37.6 Å². The van der Waals surface area contributed by atoms with E-state index in [2.05, 4.69) is 35.9 Å². The highest BCUT2D eigenvalue weighted by molar-refractivity contribution is 5.80. The second kappa shape index (κ2) is 6.00. The molecular weight excluding hydrogens is 260 g/mol. The molecule has 1 N–H and O–H groups in total. The molecule has 3 heteroatoms. The van der Waals surface area contributed by atoms with Crippen LogP contribution in [0.25, 0.3) is 22.4 Å². The van der Waals surface area contributed by atoms with Gasteiger partial charge in [0.25, 0.3) is 0 Å². The fourth-order valence-electron chi connectivity index (χ4n) is 2.36. The lowest BCUT2D eigenvalue weighted by Gasteiger charge is -2.10. The molecule has 3 nitrogen and oxygen atoms in total. The summed E-state index contributed by atoms with van der Waals surface area (Å²) in [5.74, 6) is 1.76. The van der Waals surface area contributed by atoms with Crippen LogP contribution in [0.5, 0.6) is 5.75 Å². The number of aromatic amines is 1. The number of benzene rings is 2. The van der Waals surface area contributed by atoms with Crippen molar-refractivity contribution in [3.63, 3.8) is 0 Å². The number of fused-ring (bicyclic) bond motifs is 1. The van der Waals surface area contributed by atoms with E-state index in [1.165, 1.54) is 5.56 Å². The van der Waals surface area contributed by atoms with Gasteiger partial charge in [0.2, 0.25) is 0 Å². The standard InChI is InChI=1S/C18H20N2O/c1-3-4-11-21-17-10-9-13(2)12-14(17)18-19-15-7-5-6-8-16(15)20-18/h5-10,12H,3-4,11H2,1-2H3,(H,19,20). The Morgan fingerprint density at radius 2 is 2.00 bits per heavy atom. The SMILES string of the molecule is CCCCOc1ccc(C)cc1-c1nc2ccccc2[nH]1. The first-order valence-corrected chi connectivity index (χ1v) is 7.46. The van der Waals surface area contributed by atoms with Crippen LogP contribution in [0.2, 0.25) is 0 Å². The molecule has 3 rings (SSSR count). The van der Waals surface area contributed by atoms with Gasteiger partial charge < -0.3 is 9.72 Å². The fourth-order valence-corrected chi connectivity index (χ4v) is 2.36. The van der Waals surface area contributed by atoms with Crippen molar-refractivity contribution in [3.8, 4) is 17.1 Å². The number of para-hydroxylation sites is 2. The number of aromatic nitrogens is 2. The summed E-state index contributed by atoms with van der Waals surface area (Å²) in [5.41, 5.74) is 4.26. The van der Waals surface area contributed by atoms with Gasteiger partial charge in [0, 0.05) is 0 Å². The molecule has 0 fully saturated rings. The highest BCUT2D eigenvalue weighted by atomic mass is 16.5. The zero-order valence-electron chi connectivity index (χ0n) is 12.5. The second-order valence-corrected chi connectivity index (χ2v) is 5.30. The van der Waals surface area contributed by atoms with Crippen LogP contribution in [-0.2, 0) is 0 Å². The number of imidazole rings is 1. The monoisotopic (exact) mass is 280 g/mol. The van der Waals surface area contributed by atoms with Gasteiger partial charge in [-0.2, -0.15) is 0 Å². The van der Waals surface area contributed by atoms with Crippen molar-refractivity contribution in [2.75, 3.05) is 6.61 Å². The molecule has 0 atom stereocenters. The van der Waals surface area contributed by atoms with Crippen molar-refractivity contribution in [1.82, 2.24) is 9.97 Å². The van der Waals surface area contributed by atoms with Gasteiger partial charge in [-0.3, -0.25) is 0 Å². The zero-order chi connectivity index (χ0) is 14.7. The van der Waals surface area contributed by atoms with Gasteiger partial charge in [-0.1, -0.05) is 37.1 Å². The lowest BCUT2D eigenvalue weighted by atomic mass is 10.1. The number of ether oxygens (including phenoxy) is 1. The maximum atomic E-state index is 5.92. The molecule has 0 aliphatic rings. The number of H-pyrrole nitrogens is 1. The normalized spacial score (nSPS) is 11.0. The van der Waals surface area contributed by atoms with Crippen LogP contribution in [0.3, 0.4) is 0 Å². The van der Waals surface area contributed by atoms with Crippen LogP contribution in [0.4, 0.5) is 0 Å². The number of hydrogen-bond acceptors (Lipinski definition) is 2. The van der Waals surface area contributed by atoms with Crippen molar-refractivity contribution in [3.05, 3.63) is 48.0 Å². The van der Waals surface area contributed by atoms with Crippen molar-refractivity contribution in [2.45, 2.75) is 26.7 Å². The van der Waals surface area contributed by atoms with E-state index in [-0.39, 0.29) is 0 Å². The first-order chi connectivity index (χ1) is 10.3. The summed E-state index contributed by atoms with van der Waals surface area (Å²) in [6.07, 6.45) is 2.19. The minimum absolute atomic E-state index is 0.743. The minimum Gasteiger partial charge on any atom is -0.493 e. The number of nitrogens with one attached hydrogen (secondary N) is 1. The first-order valence-electron chi connectivity index (χ1n) is 7.46.